The standard InChI is InChI=1S/C22H23N3OS/c26-22(21-16-27-17-23-21)25-12-6-11-24(13-14-25)15-19-9-4-5-10-20(19)18-7-2-1-3-8-18/h1-5,7-10,16-17H,6,11-15H2. The maximum Gasteiger partial charge on any atom is 0.273 e. The van der Waals surface area contributed by atoms with E-state index < -0.39 is 0 Å². The molecule has 0 aliphatic carbocycles. The normalized spacial score (nSPS) is 15.5. The van der Waals surface area contributed by atoms with Gasteiger partial charge in [0.25, 0.3) is 5.91 Å². The van der Waals surface area contributed by atoms with Crippen molar-refractivity contribution in [3.63, 3.8) is 0 Å². The number of rotatable bonds is 4. The Labute approximate surface area is 164 Å². The Hall–Kier alpha value is -2.50. The highest BCUT2D eigenvalue weighted by Crippen LogP contribution is 2.25. The smallest absolute Gasteiger partial charge is 0.273 e. The first-order chi connectivity index (χ1) is 13.3. The molecule has 2 heterocycles. The molecule has 0 saturated carbocycles. The Bertz CT molecular complexity index is 880. The minimum atomic E-state index is 0.0581. The van der Waals surface area contributed by atoms with Crippen LogP contribution in [0.3, 0.4) is 0 Å². The zero-order valence-corrected chi connectivity index (χ0v) is 16.1. The average molecular weight is 378 g/mol. The summed E-state index contributed by atoms with van der Waals surface area (Å²) in [5.41, 5.74) is 6.17. The maximum atomic E-state index is 12.6. The van der Waals surface area contributed by atoms with E-state index in [0.717, 1.165) is 39.1 Å². The number of benzene rings is 2. The number of carbonyl (C=O) groups excluding carboxylic acids is 1. The fraction of sp³-hybridized carbons (Fsp3) is 0.273. The van der Waals surface area contributed by atoms with E-state index in [0.29, 0.717) is 5.69 Å². The van der Waals surface area contributed by atoms with Crippen LogP contribution in [0.4, 0.5) is 0 Å². The summed E-state index contributed by atoms with van der Waals surface area (Å²) < 4.78 is 0. The van der Waals surface area contributed by atoms with Crippen molar-refractivity contribution in [2.45, 2.75) is 13.0 Å². The van der Waals surface area contributed by atoms with Crippen LogP contribution < -0.4 is 0 Å². The Morgan fingerprint density at radius 1 is 0.963 bits per heavy atom. The topological polar surface area (TPSA) is 36.4 Å². The van der Waals surface area contributed by atoms with Crippen molar-refractivity contribution >= 4 is 17.2 Å². The predicted molar refractivity (Wildman–Crippen MR) is 110 cm³/mol. The molecule has 1 aliphatic rings. The van der Waals surface area contributed by atoms with Gasteiger partial charge in [-0.05, 0) is 23.1 Å². The second-order valence-electron chi connectivity index (χ2n) is 6.82. The number of hydrogen-bond acceptors (Lipinski definition) is 4. The summed E-state index contributed by atoms with van der Waals surface area (Å²) in [5, 5.41) is 1.83. The molecule has 0 spiro atoms. The lowest BCUT2D eigenvalue weighted by Gasteiger charge is -2.22. The zero-order chi connectivity index (χ0) is 18.5. The highest BCUT2D eigenvalue weighted by atomic mass is 32.1. The molecule has 5 heteroatoms. The molecule has 0 unspecified atom stereocenters. The van der Waals surface area contributed by atoms with Gasteiger partial charge in [0.1, 0.15) is 5.69 Å². The van der Waals surface area contributed by atoms with Crippen molar-refractivity contribution in [3.8, 4) is 11.1 Å². The molecule has 27 heavy (non-hydrogen) atoms. The van der Waals surface area contributed by atoms with Gasteiger partial charge < -0.3 is 4.90 Å². The molecule has 1 aliphatic heterocycles. The molecule has 4 nitrogen and oxygen atoms in total. The first kappa shape index (κ1) is 17.9. The molecule has 3 aromatic rings. The van der Waals surface area contributed by atoms with E-state index in [1.165, 1.54) is 28.0 Å². The third-order valence-electron chi connectivity index (χ3n) is 5.02. The van der Waals surface area contributed by atoms with Crippen LogP contribution in [0.25, 0.3) is 11.1 Å². The SMILES string of the molecule is O=C(c1cscn1)N1CCCN(Cc2ccccc2-c2ccccc2)CC1. The molecule has 138 valence electrons. The van der Waals surface area contributed by atoms with Crippen molar-refractivity contribution in [1.29, 1.82) is 0 Å². The summed E-state index contributed by atoms with van der Waals surface area (Å²) in [4.78, 5) is 21.1. The van der Waals surface area contributed by atoms with Gasteiger partial charge in [-0.1, -0.05) is 54.6 Å². The van der Waals surface area contributed by atoms with Gasteiger partial charge in [0, 0.05) is 38.1 Å². The molecule has 1 amide bonds. The van der Waals surface area contributed by atoms with Crippen molar-refractivity contribution in [2.75, 3.05) is 26.2 Å². The van der Waals surface area contributed by atoms with E-state index in [1.54, 1.807) is 5.51 Å². The number of amides is 1. The Morgan fingerprint density at radius 2 is 1.78 bits per heavy atom. The molecule has 0 bridgehead atoms. The van der Waals surface area contributed by atoms with Gasteiger partial charge in [0.2, 0.25) is 0 Å². The summed E-state index contributed by atoms with van der Waals surface area (Å²) in [6, 6.07) is 19.2. The second kappa shape index (κ2) is 8.46. The van der Waals surface area contributed by atoms with Gasteiger partial charge in [-0.2, -0.15) is 0 Å². The summed E-state index contributed by atoms with van der Waals surface area (Å²) in [7, 11) is 0. The minimum absolute atomic E-state index is 0.0581. The third-order valence-corrected chi connectivity index (χ3v) is 5.61. The molecule has 0 N–H and O–H groups in total. The number of nitrogens with zero attached hydrogens (tertiary/aromatic N) is 3. The second-order valence-corrected chi connectivity index (χ2v) is 7.54. The Balaban J connectivity index is 1.45. The average Bonchev–Trinajstić information content (AvgIpc) is 3.16. The van der Waals surface area contributed by atoms with Crippen LogP contribution >= 0.6 is 11.3 Å². The molecule has 1 fully saturated rings. The van der Waals surface area contributed by atoms with Crippen LogP contribution in [0.2, 0.25) is 0 Å². The maximum absolute atomic E-state index is 12.6. The van der Waals surface area contributed by atoms with Gasteiger partial charge >= 0.3 is 0 Å². The van der Waals surface area contributed by atoms with E-state index >= 15 is 0 Å². The molecular formula is C22H23N3OS. The molecule has 1 saturated heterocycles. The van der Waals surface area contributed by atoms with Crippen LogP contribution in [0.1, 0.15) is 22.5 Å². The molecule has 4 rings (SSSR count). The summed E-state index contributed by atoms with van der Waals surface area (Å²) in [6.07, 6.45) is 0.989. The Kier molecular flexibility index (Phi) is 5.61. The largest absolute Gasteiger partial charge is 0.336 e. The van der Waals surface area contributed by atoms with E-state index in [4.69, 9.17) is 0 Å². The first-order valence-corrected chi connectivity index (χ1v) is 10.3. The fourth-order valence-electron chi connectivity index (χ4n) is 3.61. The molecule has 0 atom stereocenters. The number of carbonyl (C=O) groups is 1. The molecular weight excluding hydrogens is 354 g/mol. The lowest BCUT2D eigenvalue weighted by molar-refractivity contribution is 0.0756. The van der Waals surface area contributed by atoms with E-state index in [-0.39, 0.29) is 5.91 Å². The van der Waals surface area contributed by atoms with E-state index in [2.05, 4.69) is 64.5 Å². The van der Waals surface area contributed by atoms with Crippen LogP contribution in [-0.4, -0.2) is 46.9 Å². The predicted octanol–water partition coefficient (Wildman–Crippen LogP) is 4.16. The van der Waals surface area contributed by atoms with Crippen LogP contribution in [0.15, 0.2) is 65.5 Å². The van der Waals surface area contributed by atoms with Gasteiger partial charge in [-0.25, -0.2) is 4.98 Å². The van der Waals surface area contributed by atoms with Gasteiger partial charge in [-0.3, -0.25) is 9.69 Å². The van der Waals surface area contributed by atoms with E-state index in [9.17, 15) is 4.79 Å². The number of thiazole rings is 1. The van der Waals surface area contributed by atoms with Gasteiger partial charge in [-0.15, -0.1) is 11.3 Å². The number of aromatic nitrogens is 1. The van der Waals surface area contributed by atoms with Crippen molar-refractivity contribution in [2.24, 2.45) is 0 Å². The Morgan fingerprint density at radius 3 is 2.59 bits per heavy atom. The van der Waals surface area contributed by atoms with Crippen molar-refractivity contribution < 1.29 is 4.79 Å². The highest BCUT2D eigenvalue weighted by molar-refractivity contribution is 7.07. The molecule has 0 radical (unpaired) electrons. The zero-order valence-electron chi connectivity index (χ0n) is 15.3. The summed E-state index contributed by atoms with van der Waals surface area (Å²) >= 11 is 1.47. The molecule has 1 aromatic heterocycles. The van der Waals surface area contributed by atoms with Gasteiger partial charge in [0.05, 0.1) is 5.51 Å². The van der Waals surface area contributed by atoms with Crippen LogP contribution in [-0.2, 0) is 6.54 Å². The fourth-order valence-corrected chi connectivity index (χ4v) is 4.14. The summed E-state index contributed by atoms with van der Waals surface area (Å²) in [5.74, 6) is 0.0581. The quantitative estimate of drug-likeness (QED) is 0.685. The van der Waals surface area contributed by atoms with Gasteiger partial charge in [0.15, 0.2) is 0 Å². The number of hydrogen-bond donors (Lipinski definition) is 0. The van der Waals surface area contributed by atoms with Crippen LogP contribution in [0.5, 0.6) is 0 Å². The third kappa shape index (κ3) is 4.26. The lowest BCUT2D eigenvalue weighted by atomic mass is 9.99. The summed E-state index contributed by atoms with van der Waals surface area (Å²) in [6.45, 7) is 4.35. The van der Waals surface area contributed by atoms with Crippen LogP contribution in [0, 0.1) is 0 Å². The van der Waals surface area contributed by atoms with Crippen molar-refractivity contribution in [1.82, 2.24) is 14.8 Å². The minimum Gasteiger partial charge on any atom is -0.336 e. The van der Waals surface area contributed by atoms with Crippen molar-refractivity contribution in [3.05, 3.63) is 76.7 Å². The molecule has 2 aromatic carbocycles. The van der Waals surface area contributed by atoms with E-state index in [1.807, 2.05) is 10.3 Å². The highest BCUT2D eigenvalue weighted by Gasteiger charge is 2.21. The lowest BCUT2D eigenvalue weighted by Crippen LogP contribution is -2.35. The first-order valence-electron chi connectivity index (χ1n) is 9.34. The monoisotopic (exact) mass is 377 g/mol.